The minimum atomic E-state index is -0.650. The zero-order valence-electron chi connectivity index (χ0n) is 18.6. The van der Waals surface area contributed by atoms with Crippen LogP contribution in [0.4, 0.5) is 11.4 Å². The Bertz CT molecular complexity index is 859. The SMILES string of the molecule is CCc1ccc(NC(=O)C(=O)NC[C@H](c2ccc(N(C)C)cc2)[NH+]2CCOCC2)cc1. The van der Waals surface area contributed by atoms with Crippen molar-refractivity contribution in [2.45, 2.75) is 19.4 Å². The molecule has 0 saturated carbocycles. The van der Waals surface area contributed by atoms with Gasteiger partial charge in [0.15, 0.2) is 0 Å². The summed E-state index contributed by atoms with van der Waals surface area (Å²) in [5, 5.41) is 5.51. The maximum absolute atomic E-state index is 12.5. The number of anilines is 2. The van der Waals surface area contributed by atoms with Gasteiger partial charge in [0.25, 0.3) is 0 Å². The van der Waals surface area contributed by atoms with Gasteiger partial charge in [-0.25, -0.2) is 0 Å². The van der Waals surface area contributed by atoms with E-state index in [-0.39, 0.29) is 6.04 Å². The molecule has 31 heavy (non-hydrogen) atoms. The van der Waals surface area contributed by atoms with E-state index in [0.717, 1.165) is 30.8 Å². The molecule has 1 saturated heterocycles. The Balaban J connectivity index is 1.64. The zero-order valence-corrected chi connectivity index (χ0v) is 18.6. The number of rotatable bonds is 7. The Labute approximate surface area is 184 Å². The number of benzene rings is 2. The van der Waals surface area contributed by atoms with Crippen LogP contribution in [0.25, 0.3) is 0 Å². The van der Waals surface area contributed by atoms with Crippen LogP contribution in [0.5, 0.6) is 0 Å². The quantitative estimate of drug-likeness (QED) is 0.579. The lowest BCUT2D eigenvalue weighted by Gasteiger charge is -2.32. The minimum absolute atomic E-state index is 0.0562. The molecule has 1 aliphatic heterocycles. The van der Waals surface area contributed by atoms with E-state index < -0.39 is 11.8 Å². The van der Waals surface area contributed by atoms with E-state index in [2.05, 4.69) is 46.7 Å². The molecule has 7 heteroatoms. The summed E-state index contributed by atoms with van der Waals surface area (Å²) in [7, 11) is 4.02. The molecular weight excluding hydrogens is 392 g/mol. The molecule has 2 amide bonds. The lowest BCUT2D eigenvalue weighted by molar-refractivity contribution is -0.937. The summed E-state index contributed by atoms with van der Waals surface area (Å²) < 4.78 is 5.50. The van der Waals surface area contributed by atoms with Gasteiger partial charge >= 0.3 is 11.8 Å². The minimum Gasteiger partial charge on any atom is -0.378 e. The molecular formula is C24H33N4O3+. The molecule has 0 radical (unpaired) electrons. The third-order valence-corrected chi connectivity index (χ3v) is 5.73. The molecule has 0 bridgehead atoms. The van der Waals surface area contributed by atoms with Crippen molar-refractivity contribution >= 4 is 23.2 Å². The van der Waals surface area contributed by atoms with Gasteiger partial charge in [-0.05, 0) is 36.2 Å². The average Bonchev–Trinajstić information content (AvgIpc) is 2.80. The average molecular weight is 426 g/mol. The fourth-order valence-corrected chi connectivity index (χ4v) is 3.77. The van der Waals surface area contributed by atoms with Crippen molar-refractivity contribution in [3.8, 4) is 0 Å². The van der Waals surface area contributed by atoms with Gasteiger partial charge in [0.05, 0.1) is 19.8 Å². The molecule has 7 nitrogen and oxygen atoms in total. The lowest BCUT2D eigenvalue weighted by Crippen LogP contribution is -3.15. The van der Waals surface area contributed by atoms with E-state index in [0.29, 0.717) is 25.4 Å². The number of morpholine rings is 1. The lowest BCUT2D eigenvalue weighted by atomic mass is 10.0. The van der Waals surface area contributed by atoms with Crippen LogP contribution in [0.3, 0.4) is 0 Å². The van der Waals surface area contributed by atoms with E-state index in [1.807, 2.05) is 38.4 Å². The molecule has 0 aromatic heterocycles. The van der Waals surface area contributed by atoms with Gasteiger partial charge in [-0.3, -0.25) is 9.59 Å². The number of amides is 2. The summed E-state index contributed by atoms with van der Waals surface area (Å²) in [6.07, 6.45) is 0.926. The largest absolute Gasteiger partial charge is 0.378 e. The van der Waals surface area contributed by atoms with Crippen LogP contribution in [0.2, 0.25) is 0 Å². The van der Waals surface area contributed by atoms with Crippen LogP contribution < -0.4 is 20.4 Å². The standard InChI is InChI=1S/C24H32N4O3/c1-4-18-5-9-20(10-6-18)26-24(30)23(29)25-17-22(28-13-15-31-16-14-28)19-7-11-21(12-8-19)27(2)3/h5-12,22H,4,13-17H2,1-3H3,(H,25,29)(H,26,30)/p+1/t22-/m1/s1. The fraction of sp³-hybridized carbons (Fsp3) is 0.417. The van der Waals surface area contributed by atoms with Crippen molar-refractivity contribution in [3.63, 3.8) is 0 Å². The molecule has 1 fully saturated rings. The molecule has 1 atom stereocenters. The normalized spacial score (nSPS) is 15.2. The highest BCUT2D eigenvalue weighted by atomic mass is 16.5. The van der Waals surface area contributed by atoms with E-state index in [4.69, 9.17) is 4.74 Å². The van der Waals surface area contributed by atoms with Gasteiger partial charge in [0.2, 0.25) is 0 Å². The molecule has 3 rings (SSSR count). The summed E-state index contributed by atoms with van der Waals surface area (Å²) in [5.74, 6) is -1.27. The monoisotopic (exact) mass is 425 g/mol. The topological polar surface area (TPSA) is 75.1 Å². The number of aryl methyl sites for hydroxylation is 1. The Kier molecular flexibility index (Phi) is 8.03. The van der Waals surface area contributed by atoms with Gasteiger partial charge in [-0.15, -0.1) is 0 Å². The van der Waals surface area contributed by atoms with Gasteiger partial charge in [-0.2, -0.15) is 0 Å². The highest BCUT2D eigenvalue weighted by molar-refractivity contribution is 6.39. The second kappa shape index (κ2) is 10.9. The first-order valence-corrected chi connectivity index (χ1v) is 10.9. The van der Waals surface area contributed by atoms with Crippen molar-refractivity contribution < 1.29 is 19.2 Å². The summed E-state index contributed by atoms with van der Waals surface area (Å²) in [6, 6.07) is 15.9. The van der Waals surface area contributed by atoms with Gasteiger partial charge in [0, 0.05) is 31.0 Å². The van der Waals surface area contributed by atoms with Crippen LogP contribution in [-0.2, 0) is 20.7 Å². The maximum atomic E-state index is 12.5. The van der Waals surface area contributed by atoms with Gasteiger partial charge < -0.3 is 25.2 Å². The molecule has 2 aromatic carbocycles. The van der Waals surface area contributed by atoms with E-state index in [1.54, 1.807) is 0 Å². The number of carbonyl (C=O) groups excluding carboxylic acids is 2. The van der Waals surface area contributed by atoms with Crippen molar-refractivity contribution in [1.82, 2.24) is 5.32 Å². The van der Waals surface area contributed by atoms with E-state index >= 15 is 0 Å². The van der Waals surface area contributed by atoms with E-state index in [1.165, 1.54) is 10.5 Å². The smallest absolute Gasteiger partial charge is 0.313 e. The van der Waals surface area contributed by atoms with Gasteiger partial charge in [0.1, 0.15) is 19.1 Å². The summed E-state index contributed by atoms with van der Waals surface area (Å²) >= 11 is 0. The van der Waals surface area contributed by atoms with E-state index in [9.17, 15) is 9.59 Å². The first-order chi connectivity index (χ1) is 15.0. The number of nitrogens with zero attached hydrogens (tertiary/aromatic N) is 1. The van der Waals surface area contributed by atoms with Gasteiger partial charge in [-0.1, -0.05) is 31.2 Å². The molecule has 0 aliphatic carbocycles. The Morgan fingerprint density at radius 3 is 2.23 bits per heavy atom. The first kappa shape index (κ1) is 22.8. The molecule has 1 heterocycles. The van der Waals surface area contributed by atoms with Crippen molar-refractivity contribution in [2.75, 3.05) is 57.2 Å². The number of hydrogen-bond donors (Lipinski definition) is 3. The molecule has 166 valence electrons. The maximum Gasteiger partial charge on any atom is 0.313 e. The Morgan fingerprint density at radius 1 is 1.00 bits per heavy atom. The second-order valence-corrected chi connectivity index (χ2v) is 8.02. The highest BCUT2D eigenvalue weighted by Gasteiger charge is 2.28. The fourth-order valence-electron chi connectivity index (χ4n) is 3.77. The number of hydrogen-bond acceptors (Lipinski definition) is 4. The predicted molar refractivity (Wildman–Crippen MR) is 122 cm³/mol. The summed E-state index contributed by atoms with van der Waals surface area (Å²) in [5.41, 5.74) is 4.06. The first-order valence-electron chi connectivity index (χ1n) is 10.9. The molecule has 0 unspecified atom stereocenters. The second-order valence-electron chi connectivity index (χ2n) is 8.02. The third-order valence-electron chi connectivity index (χ3n) is 5.73. The molecule has 2 aromatic rings. The predicted octanol–water partition coefficient (Wildman–Crippen LogP) is 1.03. The number of carbonyl (C=O) groups is 2. The Hall–Kier alpha value is -2.90. The van der Waals surface area contributed by atoms with Crippen molar-refractivity contribution in [2.24, 2.45) is 0 Å². The molecule has 1 aliphatic rings. The summed E-state index contributed by atoms with van der Waals surface area (Å²) in [4.78, 5) is 28.2. The number of quaternary nitrogens is 1. The molecule has 0 spiro atoms. The Morgan fingerprint density at radius 2 is 1.65 bits per heavy atom. The van der Waals surface area contributed by atoms with Crippen LogP contribution >= 0.6 is 0 Å². The van der Waals surface area contributed by atoms with Crippen LogP contribution in [0.1, 0.15) is 24.1 Å². The van der Waals surface area contributed by atoms with Crippen LogP contribution in [-0.4, -0.2) is 58.8 Å². The van der Waals surface area contributed by atoms with Crippen molar-refractivity contribution in [3.05, 3.63) is 59.7 Å². The zero-order chi connectivity index (χ0) is 22.2. The third kappa shape index (κ3) is 6.29. The van der Waals surface area contributed by atoms with Crippen LogP contribution in [0.15, 0.2) is 48.5 Å². The number of ether oxygens (including phenoxy) is 1. The van der Waals surface area contributed by atoms with Crippen molar-refractivity contribution in [1.29, 1.82) is 0 Å². The molecule has 3 N–H and O–H groups in total. The highest BCUT2D eigenvalue weighted by Crippen LogP contribution is 2.16. The summed E-state index contributed by atoms with van der Waals surface area (Å²) in [6.45, 7) is 5.59. The van der Waals surface area contributed by atoms with Crippen LogP contribution in [0, 0.1) is 0 Å². The number of nitrogens with one attached hydrogen (secondary N) is 3.